The maximum atomic E-state index is 11.9. The summed E-state index contributed by atoms with van der Waals surface area (Å²) in [6.07, 6.45) is 0.729. The number of rotatable bonds is 6. The number of nitrogens with zero attached hydrogens (tertiary/aromatic N) is 1. The van der Waals surface area contributed by atoms with Gasteiger partial charge in [-0.05, 0) is 25.2 Å². The minimum Gasteiger partial charge on any atom is -0.399 e. The van der Waals surface area contributed by atoms with Gasteiger partial charge in [-0.15, -0.1) is 11.3 Å². The number of nitrogen functional groups attached to an aromatic ring is 1. The van der Waals surface area contributed by atoms with Crippen molar-refractivity contribution < 1.29 is 8.42 Å². The molecule has 8 heteroatoms. The third-order valence-electron chi connectivity index (χ3n) is 2.74. The molecule has 1 aromatic carbocycles. The second kappa shape index (κ2) is 6.21. The first kappa shape index (κ1) is 14.8. The molecule has 0 aliphatic heterocycles. The zero-order valence-electron chi connectivity index (χ0n) is 11.0. The SMILES string of the molecule is CNS(=O)(=O)c1cc(N)ccc1NCCc1cscn1. The van der Waals surface area contributed by atoms with Gasteiger partial charge in [0.25, 0.3) is 0 Å². The molecule has 0 amide bonds. The zero-order chi connectivity index (χ0) is 14.6. The quantitative estimate of drug-likeness (QED) is 0.698. The van der Waals surface area contributed by atoms with Gasteiger partial charge in [0.05, 0.1) is 16.9 Å². The largest absolute Gasteiger partial charge is 0.399 e. The molecule has 2 rings (SSSR count). The van der Waals surface area contributed by atoms with Gasteiger partial charge in [0.15, 0.2) is 0 Å². The van der Waals surface area contributed by atoms with Gasteiger partial charge in [0, 0.05) is 24.0 Å². The monoisotopic (exact) mass is 312 g/mol. The fraction of sp³-hybridized carbons (Fsp3) is 0.250. The van der Waals surface area contributed by atoms with Crippen LogP contribution in [-0.2, 0) is 16.4 Å². The van der Waals surface area contributed by atoms with Gasteiger partial charge in [-0.2, -0.15) is 0 Å². The van der Waals surface area contributed by atoms with E-state index in [1.165, 1.54) is 24.5 Å². The lowest BCUT2D eigenvalue weighted by molar-refractivity contribution is 0.588. The van der Waals surface area contributed by atoms with E-state index < -0.39 is 10.0 Å². The molecule has 0 bridgehead atoms. The van der Waals surface area contributed by atoms with Crippen LogP contribution in [0, 0.1) is 0 Å². The summed E-state index contributed by atoms with van der Waals surface area (Å²) < 4.78 is 26.2. The van der Waals surface area contributed by atoms with Crippen LogP contribution in [-0.4, -0.2) is 27.0 Å². The molecule has 1 aromatic heterocycles. The predicted molar refractivity (Wildman–Crippen MR) is 81.4 cm³/mol. The summed E-state index contributed by atoms with van der Waals surface area (Å²) in [5, 5.41) is 5.08. The maximum absolute atomic E-state index is 11.9. The standard InChI is InChI=1S/C12H16N4O2S2/c1-14-20(17,18)12-6-9(13)2-3-11(12)15-5-4-10-7-19-8-16-10/h2-3,6-8,14-15H,4-5,13H2,1H3. The second-order valence-electron chi connectivity index (χ2n) is 4.12. The van der Waals surface area contributed by atoms with Gasteiger partial charge in [0.2, 0.25) is 10.0 Å². The van der Waals surface area contributed by atoms with E-state index in [0.717, 1.165) is 12.1 Å². The van der Waals surface area contributed by atoms with Gasteiger partial charge in [-0.25, -0.2) is 18.1 Å². The molecule has 0 radical (unpaired) electrons. The Morgan fingerprint density at radius 2 is 2.20 bits per heavy atom. The number of hydrogen-bond acceptors (Lipinski definition) is 6. The van der Waals surface area contributed by atoms with Crippen molar-refractivity contribution in [3.8, 4) is 0 Å². The van der Waals surface area contributed by atoms with Gasteiger partial charge < -0.3 is 11.1 Å². The van der Waals surface area contributed by atoms with E-state index in [-0.39, 0.29) is 4.90 Å². The minimum absolute atomic E-state index is 0.151. The molecule has 4 N–H and O–H groups in total. The predicted octanol–water partition coefficient (Wildman–Crippen LogP) is 1.29. The van der Waals surface area contributed by atoms with Crippen LogP contribution in [0.2, 0.25) is 0 Å². The molecule has 0 spiro atoms. The number of sulfonamides is 1. The van der Waals surface area contributed by atoms with Crippen LogP contribution in [0.4, 0.5) is 11.4 Å². The van der Waals surface area contributed by atoms with Crippen LogP contribution in [0.25, 0.3) is 0 Å². The lowest BCUT2D eigenvalue weighted by Gasteiger charge is -2.12. The topological polar surface area (TPSA) is 97.1 Å². The van der Waals surface area contributed by atoms with E-state index in [9.17, 15) is 8.42 Å². The minimum atomic E-state index is -3.54. The first-order valence-corrected chi connectivity index (χ1v) is 8.39. The summed E-state index contributed by atoms with van der Waals surface area (Å²) in [6.45, 7) is 0.597. The Kier molecular flexibility index (Phi) is 4.58. The highest BCUT2D eigenvalue weighted by Gasteiger charge is 2.16. The van der Waals surface area contributed by atoms with Crippen molar-refractivity contribution in [2.45, 2.75) is 11.3 Å². The molecule has 1 heterocycles. The summed E-state index contributed by atoms with van der Waals surface area (Å²) in [5.74, 6) is 0. The lowest BCUT2D eigenvalue weighted by Crippen LogP contribution is -2.21. The highest BCUT2D eigenvalue weighted by molar-refractivity contribution is 7.89. The summed E-state index contributed by atoms with van der Waals surface area (Å²) in [7, 11) is -2.17. The van der Waals surface area contributed by atoms with Gasteiger partial charge in [-0.3, -0.25) is 0 Å². The smallest absolute Gasteiger partial charge is 0.242 e. The highest BCUT2D eigenvalue weighted by Crippen LogP contribution is 2.23. The number of benzene rings is 1. The van der Waals surface area contributed by atoms with Gasteiger partial charge >= 0.3 is 0 Å². The van der Waals surface area contributed by atoms with Gasteiger partial charge in [0.1, 0.15) is 4.90 Å². The third-order valence-corrected chi connectivity index (χ3v) is 4.83. The van der Waals surface area contributed by atoms with Crippen LogP contribution in [0.1, 0.15) is 5.69 Å². The van der Waals surface area contributed by atoms with E-state index in [0.29, 0.717) is 17.9 Å². The van der Waals surface area contributed by atoms with E-state index >= 15 is 0 Å². The van der Waals surface area contributed by atoms with Crippen LogP contribution < -0.4 is 15.8 Å². The molecule has 108 valence electrons. The first-order valence-electron chi connectivity index (χ1n) is 5.97. The average molecular weight is 312 g/mol. The Morgan fingerprint density at radius 1 is 1.40 bits per heavy atom. The number of nitrogens with two attached hydrogens (primary N) is 1. The van der Waals surface area contributed by atoms with Crippen molar-refractivity contribution >= 4 is 32.7 Å². The summed E-state index contributed by atoms with van der Waals surface area (Å²) in [5.41, 5.74) is 9.35. The Hall–Kier alpha value is -1.64. The second-order valence-corrected chi connectivity index (χ2v) is 6.69. The summed E-state index contributed by atoms with van der Waals surface area (Å²) >= 11 is 1.54. The van der Waals surface area contributed by atoms with Gasteiger partial charge in [-0.1, -0.05) is 0 Å². The highest BCUT2D eigenvalue weighted by atomic mass is 32.2. The summed E-state index contributed by atoms with van der Waals surface area (Å²) in [4.78, 5) is 4.33. The molecule has 0 aliphatic rings. The molecular weight excluding hydrogens is 296 g/mol. The third kappa shape index (κ3) is 3.47. The van der Waals surface area contributed by atoms with E-state index in [1.54, 1.807) is 17.6 Å². The van der Waals surface area contributed by atoms with E-state index in [4.69, 9.17) is 5.73 Å². The lowest BCUT2D eigenvalue weighted by atomic mass is 10.2. The van der Waals surface area contributed by atoms with Crippen molar-refractivity contribution in [1.82, 2.24) is 9.71 Å². The normalized spacial score (nSPS) is 11.4. The zero-order valence-corrected chi connectivity index (χ0v) is 12.6. The number of anilines is 2. The molecule has 0 saturated heterocycles. The Morgan fingerprint density at radius 3 is 2.85 bits per heavy atom. The number of thiazole rings is 1. The molecule has 0 aliphatic carbocycles. The van der Waals surface area contributed by atoms with Crippen molar-refractivity contribution in [3.63, 3.8) is 0 Å². The van der Waals surface area contributed by atoms with Crippen LogP contribution in [0.5, 0.6) is 0 Å². The molecule has 2 aromatic rings. The number of hydrogen-bond donors (Lipinski definition) is 3. The van der Waals surface area contributed by atoms with Crippen LogP contribution >= 0.6 is 11.3 Å². The van der Waals surface area contributed by atoms with Crippen molar-refractivity contribution in [1.29, 1.82) is 0 Å². The number of nitrogens with one attached hydrogen (secondary N) is 2. The van der Waals surface area contributed by atoms with Crippen molar-refractivity contribution in [3.05, 3.63) is 34.8 Å². The maximum Gasteiger partial charge on any atom is 0.242 e. The van der Waals surface area contributed by atoms with Crippen LogP contribution in [0.15, 0.2) is 34.0 Å². The van der Waals surface area contributed by atoms with Crippen molar-refractivity contribution in [2.75, 3.05) is 24.6 Å². The fourth-order valence-electron chi connectivity index (χ4n) is 1.70. The molecule has 6 nitrogen and oxygen atoms in total. The molecule has 20 heavy (non-hydrogen) atoms. The molecule has 0 saturated carbocycles. The first-order chi connectivity index (χ1) is 9.53. The molecule has 0 fully saturated rings. The molecule has 0 unspecified atom stereocenters. The Labute approximate surface area is 122 Å². The number of aromatic nitrogens is 1. The average Bonchev–Trinajstić information content (AvgIpc) is 2.93. The van der Waals surface area contributed by atoms with E-state index in [1.807, 2.05) is 5.38 Å². The van der Waals surface area contributed by atoms with Crippen LogP contribution in [0.3, 0.4) is 0 Å². The molecule has 0 atom stereocenters. The fourth-order valence-corrected chi connectivity index (χ4v) is 3.24. The molecular formula is C12H16N4O2S2. The summed E-state index contributed by atoms with van der Waals surface area (Å²) in [6, 6.07) is 4.78. The Balaban J connectivity index is 2.15. The Bertz CT molecular complexity index is 669. The van der Waals surface area contributed by atoms with E-state index in [2.05, 4.69) is 15.0 Å². The van der Waals surface area contributed by atoms with Crippen molar-refractivity contribution in [2.24, 2.45) is 0 Å².